The summed E-state index contributed by atoms with van der Waals surface area (Å²) in [6, 6.07) is 0. The van der Waals surface area contributed by atoms with Crippen molar-refractivity contribution in [3.05, 3.63) is 48.6 Å². The molecule has 6 unspecified atom stereocenters. The maximum absolute atomic E-state index is 12.8. The number of hydrogen-bond donors (Lipinski definition) is 4. The number of hydrogen-bond acceptors (Lipinski definition) is 10. The Morgan fingerprint density at radius 3 is 1.58 bits per heavy atom. The first kappa shape index (κ1) is 50.7. The average molecular weight is 779 g/mol. The van der Waals surface area contributed by atoms with Crippen LogP contribution in [-0.2, 0) is 28.5 Å². The minimum atomic E-state index is -1.60. The highest BCUT2D eigenvalue weighted by Crippen LogP contribution is 2.22. The molecule has 0 saturated carbocycles. The van der Waals surface area contributed by atoms with Crippen LogP contribution >= 0.6 is 0 Å². The fourth-order valence-electron chi connectivity index (χ4n) is 6.20. The largest absolute Gasteiger partial charge is 0.462 e. The molecule has 0 aromatic heterocycles. The van der Waals surface area contributed by atoms with Gasteiger partial charge in [-0.3, -0.25) is 9.59 Å². The Morgan fingerprint density at radius 2 is 1.05 bits per heavy atom. The standard InChI is InChI=1S/C45H78O10/c1-3-5-7-9-11-13-15-17-18-19-20-22-24-26-28-30-32-34-41(48)54-38(37-53-45-44(51)43(50)42(49)39(35-46)55-45)36-52-40(47)33-31-29-27-25-23-21-16-14-12-10-8-6-4-2/h8,10-11,13-14,16-18,38-39,42-46,49-51H,3-7,9,12,15,19-37H2,1-2H3/b10-8-,13-11-,16-14-,18-17-. The molecule has 1 fully saturated rings. The van der Waals surface area contributed by atoms with Crippen LogP contribution in [0.25, 0.3) is 0 Å². The van der Waals surface area contributed by atoms with E-state index in [1.165, 1.54) is 51.4 Å². The minimum Gasteiger partial charge on any atom is -0.462 e. The van der Waals surface area contributed by atoms with E-state index >= 15 is 0 Å². The second-order valence-corrected chi connectivity index (χ2v) is 14.8. The summed E-state index contributed by atoms with van der Waals surface area (Å²) in [7, 11) is 0. The average Bonchev–Trinajstić information content (AvgIpc) is 3.18. The molecule has 0 aliphatic carbocycles. The lowest BCUT2D eigenvalue weighted by atomic mass is 9.99. The van der Waals surface area contributed by atoms with Gasteiger partial charge in [0.1, 0.15) is 31.0 Å². The fourth-order valence-corrected chi connectivity index (χ4v) is 6.20. The Hall–Kier alpha value is -2.34. The Balaban J connectivity index is 2.36. The van der Waals surface area contributed by atoms with Gasteiger partial charge in [-0.1, -0.05) is 133 Å². The van der Waals surface area contributed by atoms with E-state index in [1.807, 2.05) is 0 Å². The number of carbonyl (C=O) groups is 2. The van der Waals surface area contributed by atoms with Gasteiger partial charge in [0.2, 0.25) is 0 Å². The predicted octanol–water partition coefficient (Wildman–Crippen LogP) is 8.88. The quantitative estimate of drug-likeness (QED) is 0.0279. The Labute approximate surface area is 333 Å². The van der Waals surface area contributed by atoms with E-state index < -0.39 is 55.4 Å². The monoisotopic (exact) mass is 779 g/mol. The maximum Gasteiger partial charge on any atom is 0.306 e. The third-order valence-corrected chi connectivity index (χ3v) is 9.67. The summed E-state index contributed by atoms with van der Waals surface area (Å²) in [5.41, 5.74) is 0. The zero-order valence-electron chi connectivity index (χ0n) is 34.4. The van der Waals surface area contributed by atoms with E-state index in [1.54, 1.807) is 0 Å². The molecule has 10 heteroatoms. The molecule has 1 aliphatic heterocycles. The third kappa shape index (κ3) is 27.8. The van der Waals surface area contributed by atoms with Crippen LogP contribution in [-0.4, -0.2) is 89.0 Å². The molecule has 1 saturated heterocycles. The minimum absolute atomic E-state index is 0.216. The molecule has 1 rings (SSSR count). The smallest absolute Gasteiger partial charge is 0.306 e. The van der Waals surface area contributed by atoms with Crippen LogP contribution in [0.1, 0.15) is 168 Å². The van der Waals surface area contributed by atoms with Crippen molar-refractivity contribution < 1.29 is 49.0 Å². The van der Waals surface area contributed by atoms with E-state index in [0.717, 1.165) is 77.0 Å². The van der Waals surface area contributed by atoms with Gasteiger partial charge in [-0.05, 0) is 70.6 Å². The molecule has 0 amide bonds. The number of allylic oxidation sites excluding steroid dienone is 8. The molecule has 1 heterocycles. The van der Waals surface area contributed by atoms with Crippen molar-refractivity contribution in [3.8, 4) is 0 Å². The highest BCUT2D eigenvalue weighted by Gasteiger charge is 2.44. The zero-order chi connectivity index (χ0) is 40.2. The van der Waals surface area contributed by atoms with Crippen molar-refractivity contribution in [2.45, 2.75) is 205 Å². The van der Waals surface area contributed by atoms with Gasteiger partial charge in [-0.25, -0.2) is 0 Å². The molecule has 55 heavy (non-hydrogen) atoms. The molecule has 0 spiro atoms. The molecular weight excluding hydrogens is 700 g/mol. The highest BCUT2D eigenvalue weighted by atomic mass is 16.7. The van der Waals surface area contributed by atoms with Gasteiger partial charge >= 0.3 is 11.9 Å². The molecule has 10 nitrogen and oxygen atoms in total. The lowest BCUT2D eigenvalue weighted by Crippen LogP contribution is -2.59. The summed E-state index contributed by atoms with van der Waals surface area (Å²) < 4.78 is 22.1. The van der Waals surface area contributed by atoms with Crippen LogP contribution in [0.2, 0.25) is 0 Å². The summed E-state index contributed by atoms with van der Waals surface area (Å²) in [4.78, 5) is 25.3. The van der Waals surface area contributed by atoms with Crippen LogP contribution in [0.15, 0.2) is 48.6 Å². The van der Waals surface area contributed by atoms with E-state index in [2.05, 4.69) is 62.5 Å². The van der Waals surface area contributed by atoms with Gasteiger partial charge in [0.25, 0.3) is 0 Å². The number of rotatable bonds is 35. The third-order valence-electron chi connectivity index (χ3n) is 9.67. The van der Waals surface area contributed by atoms with Gasteiger partial charge in [-0.2, -0.15) is 0 Å². The zero-order valence-corrected chi connectivity index (χ0v) is 34.4. The molecule has 0 radical (unpaired) electrons. The summed E-state index contributed by atoms with van der Waals surface area (Å²) in [5.74, 6) is -0.835. The molecule has 1 aliphatic rings. The summed E-state index contributed by atoms with van der Waals surface area (Å²) >= 11 is 0. The molecule has 0 bridgehead atoms. The van der Waals surface area contributed by atoms with Crippen LogP contribution in [0, 0.1) is 0 Å². The SMILES string of the molecule is CCC/C=C\C/C=C\CCCCCCCC(=O)OCC(COC1OC(CO)C(O)C(O)C1O)OC(=O)CCCCCCCCC/C=C\C/C=C\CCCCC. The van der Waals surface area contributed by atoms with Crippen molar-refractivity contribution in [1.29, 1.82) is 0 Å². The highest BCUT2D eigenvalue weighted by molar-refractivity contribution is 5.70. The number of aliphatic hydroxyl groups excluding tert-OH is 4. The number of carbonyl (C=O) groups excluding carboxylic acids is 2. The number of unbranched alkanes of at least 4 members (excludes halogenated alkanes) is 16. The first-order valence-corrected chi connectivity index (χ1v) is 21.7. The van der Waals surface area contributed by atoms with Crippen molar-refractivity contribution in [1.82, 2.24) is 0 Å². The summed E-state index contributed by atoms with van der Waals surface area (Å²) in [6.07, 6.45) is 34.0. The van der Waals surface area contributed by atoms with Crippen molar-refractivity contribution in [2.75, 3.05) is 19.8 Å². The lowest BCUT2D eigenvalue weighted by molar-refractivity contribution is -0.305. The fraction of sp³-hybridized carbons (Fsp3) is 0.778. The molecule has 0 aromatic carbocycles. The molecular formula is C45H78O10. The van der Waals surface area contributed by atoms with Crippen molar-refractivity contribution in [3.63, 3.8) is 0 Å². The van der Waals surface area contributed by atoms with Gasteiger partial charge < -0.3 is 39.4 Å². The first-order chi connectivity index (χ1) is 26.8. The molecule has 4 N–H and O–H groups in total. The second kappa shape index (κ2) is 36.0. The summed E-state index contributed by atoms with van der Waals surface area (Å²) in [6.45, 7) is 3.30. The number of aliphatic hydroxyl groups is 4. The first-order valence-electron chi connectivity index (χ1n) is 21.7. The molecule has 318 valence electrons. The predicted molar refractivity (Wildman–Crippen MR) is 219 cm³/mol. The van der Waals surface area contributed by atoms with Gasteiger partial charge in [-0.15, -0.1) is 0 Å². The normalized spacial score (nSPS) is 21.0. The van der Waals surface area contributed by atoms with E-state index in [4.69, 9.17) is 18.9 Å². The van der Waals surface area contributed by atoms with E-state index in [9.17, 15) is 30.0 Å². The second-order valence-electron chi connectivity index (χ2n) is 14.8. The Morgan fingerprint density at radius 1 is 0.564 bits per heavy atom. The van der Waals surface area contributed by atoms with E-state index in [-0.39, 0.29) is 26.1 Å². The Kier molecular flexibility index (Phi) is 33.2. The van der Waals surface area contributed by atoms with Crippen molar-refractivity contribution in [2.24, 2.45) is 0 Å². The lowest BCUT2D eigenvalue weighted by Gasteiger charge is -2.39. The number of ether oxygens (including phenoxy) is 4. The van der Waals surface area contributed by atoms with Crippen LogP contribution in [0.3, 0.4) is 0 Å². The molecule has 6 atom stereocenters. The Bertz CT molecular complexity index is 1040. The number of esters is 2. The van der Waals surface area contributed by atoms with Gasteiger partial charge in [0.05, 0.1) is 13.2 Å². The van der Waals surface area contributed by atoms with Crippen LogP contribution in [0.5, 0.6) is 0 Å². The van der Waals surface area contributed by atoms with Crippen LogP contribution in [0.4, 0.5) is 0 Å². The van der Waals surface area contributed by atoms with Crippen LogP contribution < -0.4 is 0 Å². The maximum atomic E-state index is 12.8. The molecule has 0 aromatic rings. The van der Waals surface area contributed by atoms with E-state index in [0.29, 0.717) is 12.8 Å². The van der Waals surface area contributed by atoms with Crippen molar-refractivity contribution >= 4 is 11.9 Å². The topological polar surface area (TPSA) is 152 Å². The van der Waals surface area contributed by atoms with Gasteiger partial charge in [0.15, 0.2) is 12.4 Å². The van der Waals surface area contributed by atoms with Gasteiger partial charge in [0, 0.05) is 12.8 Å². The summed E-state index contributed by atoms with van der Waals surface area (Å²) in [5, 5.41) is 40.0.